The smallest absolute Gasteiger partial charge is 0.317 e. The second kappa shape index (κ2) is 8.39. The van der Waals surface area contributed by atoms with Crippen LogP contribution in [-0.2, 0) is 9.59 Å². The first kappa shape index (κ1) is 16.3. The third kappa shape index (κ3) is 5.46. The maximum atomic E-state index is 11.9. The van der Waals surface area contributed by atoms with Gasteiger partial charge in [0.1, 0.15) is 0 Å². The molecule has 7 heteroatoms. The Morgan fingerprint density at radius 2 is 2.00 bits per heavy atom. The highest BCUT2D eigenvalue weighted by Crippen LogP contribution is 2.16. The van der Waals surface area contributed by atoms with Crippen molar-refractivity contribution >= 4 is 17.9 Å². The monoisotopic (exact) mass is 285 g/mol. The lowest BCUT2D eigenvalue weighted by molar-refractivity contribution is -0.143. The number of hydrogen-bond donors (Lipinski definition) is 3. The molecule has 0 radical (unpaired) electrons. The van der Waals surface area contributed by atoms with Gasteiger partial charge < -0.3 is 20.6 Å². The second-order valence-corrected chi connectivity index (χ2v) is 4.96. The van der Waals surface area contributed by atoms with Crippen molar-refractivity contribution in [2.45, 2.75) is 32.6 Å². The van der Waals surface area contributed by atoms with Crippen LogP contribution in [0, 0.1) is 5.92 Å². The van der Waals surface area contributed by atoms with E-state index in [0.717, 1.165) is 6.42 Å². The average Bonchev–Trinajstić information content (AvgIpc) is 2.45. The summed E-state index contributed by atoms with van der Waals surface area (Å²) in [7, 11) is 0. The Morgan fingerprint density at radius 3 is 2.65 bits per heavy atom. The summed E-state index contributed by atoms with van der Waals surface area (Å²) in [5.74, 6) is -1.43. The summed E-state index contributed by atoms with van der Waals surface area (Å²) in [5.41, 5.74) is 0. The van der Waals surface area contributed by atoms with E-state index in [1.54, 1.807) is 0 Å². The van der Waals surface area contributed by atoms with Gasteiger partial charge in [-0.15, -0.1) is 0 Å². The summed E-state index contributed by atoms with van der Waals surface area (Å²) in [6.45, 7) is 3.68. The van der Waals surface area contributed by atoms with Gasteiger partial charge in [-0.25, -0.2) is 4.79 Å². The topological polar surface area (TPSA) is 98.7 Å². The van der Waals surface area contributed by atoms with Gasteiger partial charge in [0.25, 0.3) is 0 Å². The van der Waals surface area contributed by atoms with Crippen LogP contribution in [0.4, 0.5) is 4.79 Å². The number of carboxylic acids is 1. The number of carboxylic acid groups (broad SMARTS) is 1. The number of nitrogens with one attached hydrogen (secondary N) is 2. The van der Waals surface area contributed by atoms with Gasteiger partial charge in [-0.1, -0.05) is 6.92 Å². The van der Waals surface area contributed by atoms with Gasteiger partial charge in [-0.3, -0.25) is 9.59 Å². The number of urea groups is 1. The van der Waals surface area contributed by atoms with Gasteiger partial charge in [-0.05, 0) is 19.3 Å². The normalized spacial score (nSPS) is 18.4. The van der Waals surface area contributed by atoms with E-state index in [-0.39, 0.29) is 31.4 Å². The number of hydrogen-bond acceptors (Lipinski definition) is 3. The van der Waals surface area contributed by atoms with Gasteiger partial charge in [0, 0.05) is 32.6 Å². The molecule has 0 spiro atoms. The molecule has 0 aromatic rings. The maximum Gasteiger partial charge on any atom is 0.317 e. The van der Waals surface area contributed by atoms with Crippen LogP contribution < -0.4 is 10.6 Å². The minimum absolute atomic E-state index is 0.0887. The molecule has 0 aliphatic carbocycles. The predicted molar refractivity (Wildman–Crippen MR) is 73.2 cm³/mol. The summed E-state index contributed by atoms with van der Waals surface area (Å²) in [5, 5.41) is 14.3. The van der Waals surface area contributed by atoms with Gasteiger partial charge >= 0.3 is 12.0 Å². The highest BCUT2D eigenvalue weighted by molar-refractivity contribution is 5.79. The lowest BCUT2D eigenvalue weighted by atomic mass is 9.99. The average molecular weight is 285 g/mol. The molecule has 0 saturated carbocycles. The predicted octanol–water partition coefficient (Wildman–Crippen LogP) is 0.409. The fraction of sp³-hybridized carbons (Fsp3) is 0.769. The Balaban J connectivity index is 2.25. The molecule has 20 heavy (non-hydrogen) atoms. The number of carbonyl (C=O) groups is 3. The molecule has 1 saturated heterocycles. The Hall–Kier alpha value is -1.79. The van der Waals surface area contributed by atoms with Crippen molar-refractivity contribution in [3.05, 3.63) is 0 Å². The van der Waals surface area contributed by atoms with Gasteiger partial charge in [-0.2, -0.15) is 0 Å². The van der Waals surface area contributed by atoms with E-state index in [0.29, 0.717) is 25.9 Å². The molecule has 1 aliphatic heterocycles. The van der Waals surface area contributed by atoms with Crippen molar-refractivity contribution in [1.82, 2.24) is 15.5 Å². The Labute approximate surface area is 118 Å². The molecule has 3 amide bonds. The highest BCUT2D eigenvalue weighted by Gasteiger charge is 2.27. The fourth-order valence-corrected chi connectivity index (χ4v) is 2.11. The molecule has 0 aromatic heterocycles. The molecule has 7 nitrogen and oxygen atoms in total. The van der Waals surface area contributed by atoms with Crippen LogP contribution in [0.15, 0.2) is 0 Å². The number of piperidine rings is 1. The van der Waals surface area contributed by atoms with E-state index in [1.807, 2.05) is 6.92 Å². The molecule has 114 valence electrons. The summed E-state index contributed by atoms with van der Waals surface area (Å²) >= 11 is 0. The van der Waals surface area contributed by atoms with Gasteiger partial charge in [0.15, 0.2) is 0 Å². The number of aliphatic carboxylic acids is 1. The third-order valence-corrected chi connectivity index (χ3v) is 3.26. The summed E-state index contributed by atoms with van der Waals surface area (Å²) in [6.07, 6.45) is 2.42. The molecule has 1 heterocycles. The van der Waals surface area contributed by atoms with Gasteiger partial charge in [0.05, 0.1) is 5.92 Å². The Bertz CT molecular complexity index is 360. The van der Waals surface area contributed by atoms with E-state index in [1.165, 1.54) is 4.90 Å². The van der Waals surface area contributed by atoms with Crippen LogP contribution in [0.3, 0.4) is 0 Å². The Morgan fingerprint density at radius 1 is 1.25 bits per heavy atom. The zero-order chi connectivity index (χ0) is 15.0. The molecule has 3 N–H and O–H groups in total. The zero-order valence-electron chi connectivity index (χ0n) is 11.9. The van der Waals surface area contributed by atoms with Crippen molar-refractivity contribution in [2.24, 2.45) is 5.92 Å². The molecule has 0 aromatic carbocycles. The van der Waals surface area contributed by atoms with Crippen molar-refractivity contribution < 1.29 is 19.5 Å². The molecule has 0 unspecified atom stereocenters. The SMILES string of the molecule is CCCNC(=O)CCNC(=O)N1CCC[C@@H](C(=O)O)C1. The molecule has 1 atom stereocenters. The van der Waals surface area contributed by atoms with E-state index < -0.39 is 11.9 Å². The number of likely N-dealkylation sites (tertiary alicyclic amines) is 1. The number of nitrogens with zero attached hydrogens (tertiary/aromatic N) is 1. The van der Waals surface area contributed by atoms with E-state index in [2.05, 4.69) is 10.6 Å². The molecular weight excluding hydrogens is 262 g/mol. The molecule has 1 rings (SSSR count). The summed E-state index contributed by atoms with van der Waals surface area (Å²) in [6, 6.07) is -0.292. The van der Waals surface area contributed by atoms with Crippen LogP contribution in [0.1, 0.15) is 32.6 Å². The summed E-state index contributed by atoms with van der Waals surface area (Å²) < 4.78 is 0. The largest absolute Gasteiger partial charge is 0.481 e. The Kier molecular flexibility index (Phi) is 6.83. The first-order chi connectivity index (χ1) is 9.54. The van der Waals surface area contributed by atoms with Crippen LogP contribution in [-0.4, -0.2) is 54.1 Å². The minimum atomic E-state index is -0.860. The molecule has 1 fully saturated rings. The van der Waals surface area contributed by atoms with Crippen LogP contribution in [0.25, 0.3) is 0 Å². The standard InChI is InChI=1S/C13H23N3O4/c1-2-6-14-11(17)5-7-15-13(20)16-8-3-4-10(9-16)12(18)19/h10H,2-9H2,1H3,(H,14,17)(H,15,20)(H,18,19)/t10-/m1/s1. The summed E-state index contributed by atoms with van der Waals surface area (Å²) in [4.78, 5) is 35.6. The molecule has 1 aliphatic rings. The zero-order valence-corrected chi connectivity index (χ0v) is 11.9. The van der Waals surface area contributed by atoms with Crippen molar-refractivity contribution in [1.29, 1.82) is 0 Å². The van der Waals surface area contributed by atoms with Gasteiger partial charge in [0.2, 0.25) is 5.91 Å². The molecular formula is C13H23N3O4. The highest BCUT2D eigenvalue weighted by atomic mass is 16.4. The fourth-order valence-electron chi connectivity index (χ4n) is 2.11. The van der Waals surface area contributed by atoms with E-state index in [9.17, 15) is 14.4 Å². The molecule has 0 bridgehead atoms. The van der Waals surface area contributed by atoms with Crippen molar-refractivity contribution in [3.63, 3.8) is 0 Å². The first-order valence-corrected chi connectivity index (χ1v) is 7.06. The van der Waals surface area contributed by atoms with Crippen molar-refractivity contribution in [2.75, 3.05) is 26.2 Å². The van der Waals surface area contributed by atoms with Crippen molar-refractivity contribution in [3.8, 4) is 0 Å². The third-order valence-electron chi connectivity index (χ3n) is 3.26. The maximum absolute atomic E-state index is 11.9. The lowest BCUT2D eigenvalue weighted by Gasteiger charge is -2.30. The van der Waals surface area contributed by atoms with E-state index in [4.69, 9.17) is 5.11 Å². The first-order valence-electron chi connectivity index (χ1n) is 7.06. The number of rotatable bonds is 6. The lowest BCUT2D eigenvalue weighted by Crippen LogP contribution is -2.47. The number of amides is 3. The van der Waals surface area contributed by atoms with E-state index >= 15 is 0 Å². The van der Waals surface area contributed by atoms with Crippen LogP contribution in [0.2, 0.25) is 0 Å². The second-order valence-electron chi connectivity index (χ2n) is 4.96. The quantitative estimate of drug-likeness (QED) is 0.658. The number of carbonyl (C=O) groups excluding carboxylic acids is 2. The minimum Gasteiger partial charge on any atom is -0.481 e. The van der Waals surface area contributed by atoms with Crippen LogP contribution in [0.5, 0.6) is 0 Å². The van der Waals surface area contributed by atoms with Crippen LogP contribution >= 0.6 is 0 Å².